The minimum Gasteiger partial charge on any atom is -0.483 e. The highest BCUT2D eigenvalue weighted by Crippen LogP contribution is 2.33. The maximum atomic E-state index is 12.0. The zero-order valence-electron chi connectivity index (χ0n) is 16.3. The maximum absolute atomic E-state index is 12.0. The molecule has 0 atom stereocenters. The van der Waals surface area contributed by atoms with E-state index in [1.807, 2.05) is 30.3 Å². The second-order valence-corrected chi connectivity index (χ2v) is 8.35. The summed E-state index contributed by atoms with van der Waals surface area (Å²) >= 11 is 20.2. The van der Waals surface area contributed by atoms with Crippen LogP contribution < -0.4 is 25.6 Å². The number of fused-ring (bicyclic) bond motifs is 1. The zero-order chi connectivity index (χ0) is 23.1. The van der Waals surface area contributed by atoms with Gasteiger partial charge >= 0.3 is 0 Å². The van der Waals surface area contributed by atoms with E-state index in [-0.39, 0.29) is 23.3 Å². The molecule has 0 saturated carbocycles. The summed E-state index contributed by atoms with van der Waals surface area (Å²) in [4.78, 5) is 24.0. The van der Waals surface area contributed by atoms with Crippen molar-refractivity contribution in [2.24, 2.45) is 0 Å². The van der Waals surface area contributed by atoms with Gasteiger partial charge in [-0.15, -0.1) is 0 Å². The van der Waals surface area contributed by atoms with Crippen molar-refractivity contribution in [2.75, 3.05) is 13.2 Å². The monoisotopic (exact) mass is 555 g/mol. The van der Waals surface area contributed by atoms with E-state index in [2.05, 4.69) is 32.1 Å². The maximum Gasteiger partial charge on any atom is 0.276 e. The molecule has 3 aromatic rings. The van der Waals surface area contributed by atoms with Crippen molar-refractivity contribution in [3.8, 4) is 11.5 Å². The van der Waals surface area contributed by atoms with Gasteiger partial charge in [0, 0.05) is 5.02 Å². The number of thiocarbonyl (C=S) groups is 1. The Morgan fingerprint density at radius 1 is 0.906 bits per heavy atom. The van der Waals surface area contributed by atoms with E-state index >= 15 is 0 Å². The second-order valence-electron chi connectivity index (χ2n) is 6.30. The Balaban J connectivity index is 1.40. The van der Waals surface area contributed by atoms with Crippen molar-refractivity contribution in [1.29, 1.82) is 0 Å². The first-order chi connectivity index (χ1) is 15.3. The molecule has 0 unspecified atom stereocenters. The molecule has 0 radical (unpaired) electrons. The average Bonchev–Trinajstić information content (AvgIpc) is 2.77. The standard InChI is InChI=1S/C21H16BrCl2N3O4S/c22-20-14-4-2-1-3-12(14)5-7-17(20)31-11-19(29)26-27-21(32)25-18(28)10-30-16-8-6-13(23)9-15(16)24/h1-9H,10-11H2,(H,26,29)(H2,25,27,28,32). The summed E-state index contributed by atoms with van der Waals surface area (Å²) < 4.78 is 11.6. The first kappa shape index (κ1) is 24.1. The lowest BCUT2D eigenvalue weighted by atomic mass is 10.1. The highest BCUT2D eigenvalue weighted by Gasteiger charge is 2.11. The van der Waals surface area contributed by atoms with Crippen LogP contribution in [0.1, 0.15) is 0 Å². The summed E-state index contributed by atoms with van der Waals surface area (Å²) in [6.07, 6.45) is 0. The van der Waals surface area contributed by atoms with Crippen molar-refractivity contribution >= 4 is 79.0 Å². The van der Waals surface area contributed by atoms with E-state index in [9.17, 15) is 9.59 Å². The van der Waals surface area contributed by atoms with Crippen LogP contribution in [0, 0.1) is 0 Å². The minimum absolute atomic E-state index is 0.110. The molecule has 0 aliphatic heterocycles. The van der Waals surface area contributed by atoms with Gasteiger partial charge in [-0.25, -0.2) is 0 Å². The lowest BCUT2D eigenvalue weighted by Crippen LogP contribution is -2.50. The van der Waals surface area contributed by atoms with E-state index in [1.165, 1.54) is 6.07 Å². The third kappa shape index (κ3) is 6.70. The van der Waals surface area contributed by atoms with Gasteiger partial charge in [-0.05, 0) is 63.2 Å². The van der Waals surface area contributed by atoms with E-state index in [1.54, 1.807) is 18.2 Å². The molecule has 7 nitrogen and oxygen atoms in total. The number of carbonyl (C=O) groups excluding carboxylic acids is 2. The van der Waals surface area contributed by atoms with Gasteiger partial charge in [0.2, 0.25) is 0 Å². The van der Waals surface area contributed by atoms with Crippen LogP contribution in [0.15, 0.2) is 59.1 Å². The van der Waals surface area contributed by atoms with Gasteiger partial charge in [0.15, 0.2) is 18.3 Å². The molecule has 0 aromatic heterocycles. The lowest BCUT2D eigenvalue weighted by molar-refractivity contribution is -0.124. The number of hydrazine groups is 1. The van der Waals surface area contributed by atoms with Crippen LogP contribution in [0.25, 0.3) is 10.8 Å². The smallest absolute Gasteiger partial charge is 0.276 e. The summed E-state index contributed by atoms with van der Waals surface area (Å²) in [6.45, 7) is -0.602. The predicted molar refractivity (Wildman–Crippen MR) is 131 cm³/mol. The SMILES string of the molecule is O=C(COc1ccc2ccccc2c1Br)NNC(=S)NC(=O)COc1ccc(Cl)cc1Cl. The van der Waals surface area contributed by atoms with Crippen LogP contribution in [-0.2, 0) is 9.59 Å². The molecule has 2 amide bonds. The normalized spacial score (nSPS) is 10.3. The van der Waals surface area contributed by atoms with Crippen molar-refractivity contribution < 1.29 is 19.1 Å². The first-order valence-electron chi connectivity index (χ1n) is 9.10. The van der Waals surface area contributed by atoms with Crippen LogP contribution in [0.3, 0.4) is 0 Å². The summed E-state index contributed by atoms with van der Waals surface area (Å²) in [6, 6.07) is 16.1. The molecule has 3 rings (SSSR count). The molecular formula is C21H16BrCl2N3O4S. The fourth-order valence-corrected chi connectivity index (χ4v) is 3.80. The van der Waals surface area contributed by atoms with Crippen LogP contribution >= 0.6 is 51.3 Å². The van der Waals surface area contributed by atoms with Crippen molar-refractivity contribution in [3.05, 3.63) is 69.1 Å². The Morgan fingerprint density at radius 2 is 1.59 bits per heavy atom. The first-order valence-corrected chi connectivity index (χ1v) is 11.1. The fourth-order valence-electron chi connectivity index (χ4n) is 2.56. The predicted octanol–water partition coefficient (Wildman–Crippen LogP) is 4.39. The number of amides is 2. The second kappa shape index (κ2) is 11.3. The summed E-state index contributed by atoms with van der Waals surface area (Å²) in [7, 11) is 0. The van der Waals surface area contributed by atoms with Gasteiger partial charge in [0.05, 0.1) is 9.50 Å². The van der Waals surface area contributed by atoms with Crippen molar-refractivity contribution in [2.45, 2.75) is 0 Å². The van der Waals surface area contributed by atoms with E-state index < -0.39 is 11.8 Å². The summed E-state index contributed by atoms with van der Waals surface area (Å²) in [5.74, 6) is -0.215. The van der Waals surface area contributed by atoms with Gasteiger partial charge in [-0.3, -0.25) is 25.8 Å². The number of hydrogen-bond donors (Lipinski definition) is 3. The molecular weight excluding hydrogens is 541 g/mol. The Hall–Kier alpha value is -2.59. The highest BCUT2D eigenvalue weighted by atomic mass is 79.9. The number of carbonyl (C=O) groups is 2. The number of hydrogen-bond acceptors (Lipinski definition) is 5. The fraction of sp³-hybridized carbons (Fsp3) is 0.0952. The van der Waals surface area contributed by atoms with E-state index in [4.69, 9.17) is 44.9 Å². The molecule has 0 heterocycles. The minimum atomic E-state index is -0.542. The van der Waals surface area contributed by atoms with Gasteiger partial charge in [-0.2, -0.15) is 0 Å². The molecule has 0 aliphatic carbocycles. The Labute approximate surface area is 207 Å². The molecule has 166 valence electrons. The van der Waals surface area contributed by atoms with Gasteiger partial charge in [0.25, 0.3) is 11.8 Å². The van der Waals surface area contributed by atoms with Gasteiger partial charge < -0.3 is 9.47 Å². The molecule has 0 aliphatic rings. The molecule has 32 heavy (non-hydrogen) atoms. The number of nitrogens with one attached hydrogen (secondary N) is 3. The third-order valence-electron chi connectivity index (χ3n) is 4.01. The summed E-state index contributed by atoms with van der Waals surface area (Å²) in [5.41, 5.74) is 4.76. The highest BCUT2D eigenvalue weighted by molar-refractivity contribution is 9.10. The van der Waals surface area contributed by atoms with Crippen LogP contribution in [-0.4, -0.2) is 30.1 Å². The Morgan fingerprint density at radius 3 is 2.38 bits per heavy atom. The van der Waals surface area contributed by atoms with E-state index in [0.717, 1.165) is 15.2 Å². The number of benzene rings is 3. The number of ether oxygens (including phenoxy) is 2. The lowest BCUT2D eigenvalue weighted by Gasteiger charge is -2.13. The zero-order valence-corrected chi connectivity index (χ0v) is 20.2. The number of rotatable bonds is 6. The molecule has 11 heteroatoms. The molecule has 3 aromatic carbocycles. The van der Waals surface area contributed by atoms with Crippen LogP contribution in [0.5, 0.6) is 11.5 Å². The molecule has 0 fully saturated rings. The molecule has 0 bridgehead atoms. The Kier molecular flexibility index (Phi) is 8.52. The van der Waals surface area contributed by atoms with Crippen LogP contribution in [0.4, 0.5) is 0 Å². The molecule has 0 saturated heterocycles. The third-order valence-corrected chi connectivity index (χ3v) is 5.56. The van der Waals surface area contributed by atoms with E-state index in [0.29, 0.717) is 16.5 Å². The largest absolute Gasteiger partial charge is 0.483 e. The van der Waals surface area contributed by atoms with Crippen molar-refractivity contribution in [3.63, 3.8) is 0 Å². The average molecular weight is 557 g/mol. The van der Waals surface area contributed by atoms with Gasteiger partial charge in [0.1, 0.15) is 11.5 Å². The Bertz CT molecular complexity index is 1180. The quantitative estimate of drug-likeness (QED) is 0.308. The van der Waals surface area contributed by atoms with Crippen molar-refractivity contribution in [1.82, 2.24) is 16.2 Å². The summed E-state index contributed by atoms with van der Waals surface area (Å²) in [5, 5.41) is 4.99. The molecule has 0 spiro atoms. The topological polar surface area (TPSA) is 88.7 Å². The number of halogens is 3. The molecule has 3 N–H and O–H groups in total. The van der Waals surface area contributed by atoms with Crippen LogP contribution in [0.2, 0.25) is 10.0 Å². The van der Waals surface area contributed by atoms with Gasteiger partial charge in [-0.1, -0.05) is 53.5 Å².